The van der Waals surface area contributed by atoms with Gasteiger partial charge < -0.3 is 5.32 Å². The SMILES string of the molecule is CC(C(=O)Nc1ccc(S(=O)(=O)Nc2nccs2)cc1)n1nc(C(F)(F)F)c(Br)c1C1CC1. The van der Waals surface area contributed by atoms with Crippen molar-refractivity contribution in [2.24, 2.45) is 0 Å². The van der Waals surface area contributed by atoms with Gasteiger partial charge >= 0.3 is 6.18 Å². The van der Waals surface area contributed by atoms with Crippen LogP contribution in [0.1, 0.15) is 43.1 Å². The van der Waals surface area contributed by atoms with Crippen molar-refractivity contribution >= 4 is 54.0 Å². The van der Waals surface area contributed by atoms with Crippen molar-refractivity contribution in [2.75, 3.05) is 10.0 Å². The minimum Gasteiger partial charge on any atom is -0.324 e. The predicted octanol–water partition coefficient (Wildman–Crippen LogP) is 5.00. The molecule has 1 fully saturated rings. The molecule has 1 aromatic carbocycles. The summed E-state index contributed by atoms with van der Waals surface area (Å²) in [5, 5.41) is 8.12. The van der Waals surface area contributed by atoms with E-state index in [1.165, 1.54) is 37.4 Å². The van der Waals surface area contributed by atoms with Crippen molar-refractivity contribution in [1.29, 1.82) is 0 Å². The van der Waals surface area contributed by atoms with Crippen LogP contribution in [0.4, 0.5) is 24.0 Å². The topological polar surface area (TPSA) is 106 Å². The summed E-state index contributed by atoms with van der Waals surface area (Å²) in [6.45, 7) is 1.46. The number of hydrogen-bond donors (Lipinski definition) is 2. The summed E-state index contributed by atoms with van der Waals surface area (Å²) in [4.78, 5) is 16.6. The minimum absolute atomic E-state index is 0.0365. The Morgan fingerprint density at radius 2 is 1.94 bits per heavy atom. The van der Waals surface area contributed by atoms with Gasteiger partial charge in [0.05, 0.1) is 15.1 Å². The molecule has 0 radical (unpaired) electrons. The van der Waals surface area contributed by atoms with Crippen LogP contribution in [0.25, 0.3) is 0 Å². The second-order valence-electron chi connectivity index (χ2n) is 7.40. The van der Waals surface area contributed by atoms with E-state index < -0.39 is 33.8 Å². The molecule has 14 heteroatoms. The van der Waals surface area contributed by atoms with Crippen LogP contribution in [-0.4, -0.2) is 29.1 Å². The zero-order chi connectivity index (χ0) is 24.0. The number of amides is 1. The number of thiazole rings is 1. The Hall–Kier alpha value is -2.45. The highest BCUT2D eigenvalue weighted by Gasteiger charge is 2.43. The molecule has 1 amide bonds. The molecular formula is C19H17BrF3N5O3S2. The number of rotatable bonds is 7. The van der Waals surface area contributed by atoms with E-state index in [0.29, 0.717) is 5.69 Å². The molecule has 2 N–H and O–H groups in total. The molecule has 2 heterocycles. The van der Waals surface area contributed by atoms with Gasteiger partial charge in [-0.1, -0.05) is 0 Å². The molecule has 0 spiro atoms. The Morgan fingerprint density at radius 1 is 1.27 bits per heavy atom. The molecule has 0 bridgehead atoms. The highest BCUT2D eigenvalue weighted by atomic mass is 79.9. The van der Waals surface area contributed by atoms with Crippen molar-refractivity contribution in [3.8, 4) is 0 Å². The van der Waals surface area contributed by atoms with Gasteiger partial charge in [0.25, 0.3) is 10.0 Å². The van der Waals surface area contributed by atoms with Gasteiger partial charge in [-0.15, -0.1) is 11.3 Å². The average molecular weight is 564 g/mol. The molecule has 2 aromatic heterocycles. The van der Waals surface area contributed by atoms with Gasteiger partial charge in [-0.25, -0.2) is 13.4 Å². The quantitative estimate of drug-likeness (QED) is 0.420. The van der Waals surface area contributed by atoms with E-state index in [1.54, 1.807) is 5.38 Å². The number of benzene rings is 1. The second kappa shape index (κ2) is 8.72. The molecule has 1 unspecified atom stereocenters. The Bertz CT molecular complexity index is 1270. The molecule has 0 aliphatic heterocycles. The summed E-state index contributed by atoms with van der Waals surface area (Å²) < 4.78 is 68.1. The highest BCUT2D eigenvalue weighted by Crippen LogP contribution is 2.47. The molecule has 1 aliphatic carbocycles. The molecule has 4 rings (SSSR count). The molecule has 1 saturated carbocycles. The third-order valence-electron chi connectivity index (χ3n) is 4.95. The van der Waals surface area contributed by atoms with Crippen molar-refractivity contribution < 1.29 is 26.4 Å². The van der Waals surface area contributed by atoms with Gasteiger partial charge in [-0.05, 0) is 60.0 Å². The van der Waals surface area contributed by atoms with Crippen LogP contribution < -0.4 is 10.0 Å². The number of anilines is 2. The summed E-state index contributed by atoms with van der Waals surface area (Å²) in [5.41, 5.74) is -0.429. The lowest BCUT2D eigenvalue weighted by atomic mass is 10.2. The third-order valence-corrected chi connectivity index (χ3v) is 7.91. The number of nitrogens with one attached hydrogen (secondary N) is 2. The fraction of sp³-hybridized carbons (Fsp3) is 0.316. The predicted molar refractivity (Wildman–Crippen MR) is 120 cm³/mol. The number of sulfonamides is 1. The first-order valence-corrected chi connectivity index (χ1v) is 12.8. The van der Waals surface area contributed by atoms with E-state index in [2.05, 4.69) is 36.1 Å². The normalized spacial score (nSPS) is 15.3. The Kier molecular flexibility index (Phi) is 6.26. The summed E-state index contributed by atoms with van der Waals surface area (Å²) in [6.07, 6.45) is -1.74. The Labute approximate surface area is 199 Å². The maximum atomic E-state index is 13.3. The largest absolute Gasteiger partial charge is 0.436 e. The second-order valence-corrected chi connectivity index (χ2v) is 10.8. The lowest BCUT2D eigenvalue weighted by Gasteiger charge is -2.16. The molecule has 176 valence electrons. The Balaban J connectivity index is 1.51. The number of nitrogens with zero attached hydrogens (tertiary/aromatic N) is 3. The summed E-state index contributed by atoms with van der Waals surface area (Å²) in [5.74, 6) is -0.676. The van der Waals surface area contributed by atoms with Gasteiger partial charge in [-0.2, -0.15) is 18.3 Å². The molecule has 3 aromatic rings. The van der Waals surface area contributed by atoms with E-state index in [9.17, 15) is 26.4 Å². The number of carbonyl (C=O) groups excluding carboxylic acids is 1. The van der Waals surface area contributed by atoms with Crippen LogP contribution in [0.2, 0.25) is 0 Å². The highest BCUT2D eigenvalue weighted by molar-refractivity contribution is 9.10. The average Bonchev–Trinajstić information content (AvgIpc) is 3.32. The monoisotopic (exact) mass is 563 g/mol. The molecule has 1 aliphatic rings. The maximum Gasteiger partial charge on any atom is 0.436 e. The first-order valence-electron chi connectivity index (χ1n) is 9.65. The van der Waals surface area contributed by atoms with Crippen LogP contribution >= 0.6 is 27.3 Å². The number of alkyl halides is 3. The van der Waals surface area contributed by atoms with Crippen molar-refractivity contribution in [3.05, 3.63) is 51.7 Å². The van der Waals surface area contributed by atoms with Crippen molar-refractivity contribution in [1.82, 2.24) is 14.8 Å². The molecule has 0 saturated heterocycles. The summed E-state index contributed by atoms with van der Waals surface area (Å²) in [7, 11) is -3.85. The van der Waals surface area contributed by atoms with Crippen LogP contribution in [0, 0.1) is 0 Å². The van der Waals surface area contributed by atoms with Crippen molar-refractivity contribution in [2.45, 2.75) is 42.8 Å². The number of carbonyl (C=O) groups is 1. The standard InChI is InChI=1S/C19H17BrF3N5O3S2/c1-10(28-15(11-2-3-11)14(20)16(26-28)19(21,22)23)17(29)25-12-4-6-13(7-5-12)33(30,31)27-18-24-8-9-32-18/h4-11H,2-3H2,1H3,(H,24,27)(H,25,29). The van der Waals surface area contributed by atoms with Crippen LogP contribution in [0.15, 0.2) is 45.2 Å². The fourth-order valence-electron chi connectivity index (χ4n) is 3.15. The van der Waals surface area contributed by atoms with E-state index in [0.717, 1.165) is 28.9 Å². The van der Waals surface area contributed by atoms with Gasteiger partial charge in [0.15, 0.2) is 10.8 Å². The van der Waals surface area contributed by atoms with E-state index in [1.807, 2.05) is 0 Å². The smallest absolute Gasteiger partial charge is 0.324 e. The van der Waals surface area contributed by atoms with Gasteiger partial charge in [-0.3, -0.25) is 14.2 Å². The zero-order valence-corrected chi connectivity index (χ0v) is 20.1. The minimum atomic E-state index is -4.65. The van der Waals surface area contributed by atoms with Crippen molar-refractivity contribution in [3.63, 3.8) is 0 Å². The van der Waals surface area contributed by atoms with Crippen LogP contribution in [-0.2, 0) is 21.0 Å². The lowest BCUT2D eigenvalue weighted by Crippen LogP contribution is -2.26. The van der Waals surface area contributed by atoms with Gasteiger partial charge in [0.1, 0.15) is 6.04 Å². The number of halogens is 4. The van der Waals surface area contributed by atoms with E-state index in [-0.39, 0.29) is 26.1 Å². The first kappa shape index (κ1) is 23.7. The fourth-order valence-corrected chi connectivity index (χ4v) is 5.75. The van der Waals surface area contributed by atoms with Crippen LogP contribution in [0.3, 0.4) is 0 Å². The summed E-state index contributed by atoms with van der Waals surface area (Å²) >= 11 is 4.14. The van der Waals surface area contributed by atoms with Crippen LogP contribution in [0.5, 0.6) is 0 Å². The molecule has 33 heavy (non-hydrogen) atoms. The van der Waals surface area contributed by atoms with E-state index >= 15 is 0 Å². The summed E-state index contributed by atoms with van der Waals surface area (Å²) in [6, 6.07) is 4.37. The third kappa shape index (κ3) is 5.06. The molecule has 8 nitrogen and oxygen atoms in total. The Morgan fingerprint density at radius 3 is 2.48 bits per heavy atom. The zero-order valence-electron chi connectivity index (χ0n) is 16.9. The number of aromatic nitrogens is 3. The molecular weight excluding hydrogens is 547 g/mol. The van der Waals surface area contributed by atoms with Gasteiger partial charge in [0.2, 0.25) is 5.91 Å². The molecule has 1 atom stereocenters. The first-order chi connectivity index (χ1) is 15.5. The lowest BCUT2D eigenvalue weighted by molar-refractivity contribution is -0.142. The van der Waals surface area contributed by atoms with Gasteiger partial charge in [0, 0.05) is 23.2 Å². The maximum absolute atomic E-state index is 13.3. The van der Waals surface area contributed by atoms with E-state index in [4.69, 9.17) is 0 Å². The number of hydrogen-bond acceptors (Lipinski definition) is 6.